The second-order valence-corrected chi connectivity index (χ2v) is 6.31. The highest BCUT2D eigenvalue weighted by Gasteiger charge is 2.32. The van der Waals surface area contributed by atoms with Crippen molar-refractivity contribution in [2.45, 2.75) is 71.0 Å². The minimum absolute atomic E-state index is 0.0901. The third kappa shape index (κ3) is 4.58. The quantitative estimate of drug-likeness (QED) is 0.758. The molecule has 18 heavy (non-hydrogen) atoms. The molecule has 2 N–H and O–H groups in total. The molecule has 0 aromatic rings. The molecule has 0 radical (unpaired) electrons. The van der Waals surface area contributed by atoms with E-state index in [-0.39, 0.29) is 24.1 Å². The number of rotatable bonds is 6. The number of hydrogen-bond acceptors (Lipinski definition) is 3. The van der Waals surface area contributed by atoms with Crippen LogP contribution in [-0.2, 0) is 4.79 Å². The van der Waals surface area contributed by atoms with Gasteiger partial charge < -0.3 is 10.4 Å². The topological polar surface area (TPSA) is 52.6 Å². The largest absolute Gasteiger partial charge is 0.396 e. The Morgan fingerprint density at radius 1 is 1.44 bits per heavy atom. The van der Waals surface area contributed by atoms with E-state index >= 15 is 0 Å². The van der Waals surface area contributed by atoms with E-state index in [1.165, 1.54) is 19.3 Å². The number of carbonyl (C=O) groups excluding carboxylic acids is 1. The van der Waals surface area contributed by atoms with Crippen molar-refractivity contribution < 1.29 is 9.90 Å². The molecule has 4 nitrogen and oxygen atoms in total. The maximum atomic E-state index is 12.2. The number of nitrogens with zero attached hydrogens (tertiary/aromatic N) is 1. The molecule has 106 valence electrons. The summed E-state index contributed by atoms with van der Waals surface area (Å²) in [5.41, 5.74) is -0.187. The molecule has 0 aromatic carbocycles. The third-order valence-corrected chi connectivity index (χ3v) is 3.49. The fourth-order valence-electron chi connectivity index (χ4n) is 2.29. The van der Waals surface area contributed by atoms with Gasteiger partial charge in [0.15, 0.2) is 0 Å². The summed E-state index contributed by atoms with van der Waals surface area (Å²) in [5.74, 6) is 0.0901. The molecule has 0 aliphatic heterocycles. The van der Waals surface area contributed by atoms with Gasteiger partial charge in [-0.3, -0.25) is 9.69 Å². The summed E-state index contributed by atoms with van der Waals surface area (Å²) >= 11 is 0. The highest BCUT2D eigenvalue weighted by atomic mass is 16.3. The summed E-state index contributed by atoms with van der Waals surface area (Å²) in [5, 5.41) is 12.0. The summed E-state index contributed by atoms with van der Waals surface area (Å²) < 4.78 is 0. The molecular weight excluding hydrogens is 228 g/mol. The third-order valence-electron chi connectivity index (χ3n) is 3.49. The Labute approximate surface area is 111 Å². The summed E-state index contributed by atoms with van der Waals surface area (Å²) in [6, 6.07) is 0.415. The standard InChI is InChI=1S/C14H28N2O2/c1-11(13(18)15-14(2,3)4)16(9-6-10-17)12-7-5-8-12/h11-12,17H,5-10H2,1-4H3,(H,15,18). The number of nitrogens with one attached hydrogen (secondary N) is 1. The number of hydrogen-bond donors (Lipinski definition) is 2. The SMILES string of the molecule is CC(C(=O)NC(C)(C)C)N(CCCO)C1CCC1. The minimum Gasteiger partial charge on any atom is -0.396 e. The predicted octanol–water partition coefficient (Wildman–Crippen LogP) is 1.53. The van der Waals surface area contributed by atoms with Crippen molar-refractivity contribution in [3.8, 4) is 0 Å². The predicted molar refractivity (Wildman–Crippen MR) is 73.4 cm³/mol. The van der Waals surface area contributed by atoms with Crippen molar-refractivity contribution in [2.75, 3.05) is 13.2 Å². The van der Waals surface area contributed by atoms with Crippen molar-refractivity contribution in [3.63, 3.8) is 0 Å². The van der Waals surface area contributed by atoms with Gasteiger partial charge in [-0.25, -0.2) is 0 Å². The zero-order chi connectivity index (χ0) is 13.8. The lowest BCUT2D eigenvalue weighted by Crippen LogP contribution is -2.55. The van der Waals surface area contributed by atoms with Crippen LogP contribution in [0.4, 0.5) is 0 Å². The van der Waals surface area contributed by atoms with Gasteiger partial charge in [-0.05, 0) is 47.0 Å². The Hall–Kier alpha value is -0.610. The molecule has 1 atom stereocenters. The normalized spacial score (nSPS) is 18.6. The first-order chi connectivity index (χ1) is 8.35. The van der Waals surface area contributed by atoms with E-state index in [1.54, 1.807) is 0 Å². The van der Waals surface area contributed by atoms with Crippen molar-refractivity contribution in [1.82, 2.24) is 10.2 Å². The van der Waals surface area contributed by atoms with E-state index in [9.17, 15) is 4.79 Å². The average Bonchev–Trinajstić information content (AvgIpc) is 2.17. The van der Waals surface area contributed by atoms with Crippen LogP contribution in [0.1, 0.15) is 53.4 Å². The maximum Gasteiger partial charge on any atom is 0.237 e. The second-order valence-electron chi connectivity index (χ2n) is 6.31. The van der Waals surface area contributed by atoms with Crippen LogP contribution in [0.15, 0.2) is 0 Å². The van der Waals surface area contributed by atoms with Gasteiger partial charge in [-0.15, -0.1) is 0 Å². The molecule has 1 unspecified atom stereocenters. The maximum absolute atomic E-state index is 12.2. The lowest BCUT2D eigenvalue weighted by Gasteiger charge is -2.41. The monoisotopic (exact) mass is 256 g/mol. The molecule has 0 heterocycles. The van der Waals surface area contributed by atoms with Crippen LogP contribution in [0.25, 0.3) is 0 Å². The first kappa shape index (κ1) is 15.4. The van der Waals surface area contributed by atoms with Crippen LogP contribution < -0.4 is 5.32 Å². The molecule has 1 fully saturated rings. The number of aliphatic hydroxyl groups excluding tert-OH is 1. The zero-order valence-corrected chi connectivity index (χ0v) is 12.2. The number of carbonyl (C=O) groups is 1. The Balaban J connectivity index is 2.57. The van der Waals surface area contributed by atoms with Crippen molar-refractivity contribution in [1.29, 1.82) is 0 Å². The molecule has 0 saturated heterocycles. The van der Waals surface area contributed by atoms with Gasteiger partial charge in [0, 0.05) is 24.7 Å². The van der Waals surface area contributed by atoms with Crippen molar-refractivity contribution >= 4 is 5.91 Å². The Kier molecular flexibility index (Phi) is 5.60. The molecule has 1 rings (SSSR count). The van der Waals surface area contributed by atoms with E-state index in [4.69, 9.17) is 5.11 Å². The fraction of sp³-hybridized carbons (Fsp3) is 0.929. The zero-order valence-electron chi connectivity index (χ0n) is 12.2. The Morgan fingerprint density at radius 3 is 2.44 bits per heavy atom. The van der Waals surface area contributed by atoms with Crippen molar-refractivity contribution in [3.05, 3.63) is 0 Å². The summed E-state index contributed by atoms with van der Waals surface area (Å²) in [7, 11) is 0. The van der Waals surface area contributed by atoms with E-state index in [2.05, 4.69) is 10.2 Å². The fourth-order valence-corrected chi connectivity index (χ4v) is 2.29. The van der Waals surface area contributed by atoms with E-state index < -0.39 is 0 Å². The summed E-state index contributed by atoms with van der Waals surface area (Å²) in [4.78, 5) is 14.4. The van der Waals surface area contributed by atoms with Crippen LogP contribution in [-0.4, -0.2) is 46.7 Å². The first-order valence-electron chi connectivity index (χ1n) is 7.04. The molecule has 0 bridgehead atoms. The molecular formula is C14H28N2O2. The van der Waals surface area contributed by atoms with Gasteiger partial charge in [0.05, 0.1) is 6.04 Å². The van der Waals surface area contributed by atoms with Gasteiger partial charge >= 0.3 is 0 Å². The first-order valence-corrected chi connectivity index (χ1v) is 7.04. The van der Waals surface area contributed by atoms with Crippen LogP contribution in [0.5, 0.6) is 0 Å². The Morgan fingerprint density at radius 2 is 2.06 bits per heavy atom. The van der Waals surface area contributed by atoms with Gasteiger partial charge in [0.25, 0.3) is 0 Å². The minimum atomic E-state index is -0.187. The lowest BCUT2D eigenvalue weighted by atomic mass is 9.90. The van der Waals surface area contributed by atoms with Gasteiger partial charge in [-0.2, -0.15) is 0 Å². The number of aliphatic hydroxyl groups is 1. The van der Waals surface area contributed by atoms with E-state index in [1.807, 2.05) is 27.7 Å². The summed E-state index contributed by atoms with van der Waals surface area (Å²) in [6.45, 7) is 8.96. The Bertz CT molecular complexity index is 269. The van der Waals surface area contributed by atoms with Gasteiger partial charge in [-0.1, -0.05) is 6.42 Å². The van der Waals surface area contributed by atoms with Crippen LogP contribution in [0.3, 0.4) is 0 Å². The molecule has 0 aromatic heterocycles. The van der Waals surface area contributed by atoms with Gasteiger partial charge in [0.2, 0.25) is 5.91 Å². The van der Waals surface area contributed by atoms with Crippen LogP contribution in [0.2, 0.25) is 0 Å². The van der Waals surface area contributed by atoms with Gasteiger partial charge in [0.1, 0.15) is 0 Å². The smallest absolute Gasteiger partial charge is 0.237 e. The molecule has 4 heteroatoms. The molecule has 1 aliphatic rings. The number of amides is 1. The summed E-state index contributed by atoms with van der Waals surface area (Å²) in [6.07, 6.45) is 4.36. The lowest BCUT2D eigenvalue weighted by molar-refractivity contribution is -0.129. The van der Waals surface area contributed by atoms with Crippen LogP contribution in [0, 0.1) is 0 Å². The highest BCUT2D eigenvalue weighted by molar-refractivity contribution is 5.82. The van der Waals surface area contributed by atoms with Crippen LogP contribution >= 0.6 is 0 Å². The second kappa shape index (κ2) is 6.53. The molecule has 1 amide bonds. The van der Waals surface area contributed by atoms with Crippen molar-refractivity contribution in [2.24, 2.45) is 0 Å². The van der Waals surface area contributed by atoms with E-state index in [0.717, 1.165) is 13.0 Å². The molecule has 1 aliphatic carbocycles. The molecule has 0 spiro atoms. The van der Waals surface area contributed by atoms with E-state index in [0.29, 0.717) is 6.04 Å². The highest BCUT2D eigenvalue weighted by Crippen LogP contribution is 2.26. The molecule has 1 saturated carbocycles. The average molecular weight is 256 g/mol.